The molecule has 0 unspecified atom stereocenters. The lowest BCUT2D eigenvalue weighted by Crippen LogP contribution is -2.40. The van der Waals surface area contributed by atoms with Crippen molar-refractivity contribution >= 4 is 11.7 Å². The number of hydrogen-bond acceptors (Lipinski definition) is 3. The standard InChI is InChI=1S/C19H19FN4O/c20-15-6-4-13(5-7-15)10-14-2-1-3-18(14)24-19(25)23-17-9-8-16(11-21)22-12-17/h4-9,12,14,18H,1-3,10H2,(H2,23,24,25)/t14-,18-/m0/s1. The molecule has 1 aliphatic carbocycles. The van der Waals surface area contributed by atoms with Crippen molar-refractivity contribution in [2.75, 3.05) is 5.32 Å². The number of carbonyl (C=O) groups is 1. The van der Waals surface area contributed by atoms with E-state index in [1.807, 2.05) is 6.07 Å². The minimum atomic E-state index is -0.275. The van der Waals surface area contributed by atoms with Crippen LogP contribution in [0.4, 0.5) is 14.9 Å². The number of amides is 2. The van der Waals surface area contributed by atoms with Crippen LogP contribution in [0, 0.1) is 23.1 Å². The van der Waals surface area contributed by atoms with Gasteiger partial charge in [-0.25, -0.2) is 14.2 Å². The van der Waals surface area contributed by atoms with Gasteiger partial charge in [-0.3, -0.25) is 0 Å². The molecule has 6 heteroatoms. The number of carbonyl (C=O) groups excluding carboxylic acids is 1. The fourth-order valence-corrected chi connectivity index (χ4v) is 3.26. The van der Waals surface area contributed by atoms with Crippen LogP contribution in [-0.4, -0.2) is 17.1 Å². The number of aromatic nitrogens is 1. The van der Waals surface area contributed by atoms with E-state index in [1.54, 1.807) is 24.3 Å². The van der Waals surface area contributed by atoms with Gasteiger partial charge in [-0.1, -0.05) is 18.6 Å². The highest BCUT2D eigenvalue weighted by Gasteiger charge is 2.28. The highest BCUT2D eigenvalue weighted by Crippen LogP contribution is 2.29. The van der Waals surface area contributed by atoms with E-state index in [2.05, 4.69) is 15.6 Å². The Morgan fingerprint density at radius 1 is 1.24 bits per heavy atom. The zero-order chi connectivity index (χ0) is 17.6. The fourth-order valence-electron chi connectivity index (χ4n) is 3.26. The number of hydrogen-bond donors (Lipinski definition) is 2. The van der Waals surface area contributed by atoms with Crippen LogP contribution < -0.4 is 10.6 Å². The molecular weight excluding hydrogens is 319 g/mol. The van der Waals surface area contributed by atoms with Gasteiger partial charge in [0.25, 0.3) is 0 Å². The van der Waals surface area contributed by atoms with Gasteiger partial charge in [-0.05, 0) is 55.0 Å². The molecular formula is C19H19FN4O. The molecule has 25 heavy (non-hydrogen) atoms. The molecule has 0 radical (unpaired) electrons. The molecule has 2 atom stereocenters. The summed E-state index contributed by atoms with van der Waals surface area (Å²) in [6, 6.07) is 11.5. The van der Waals surface area contributed by atoms with Gasteiger partial charge in [0.15, 0.2) is 0 Å². The Hall–Kier alpha value is -2.94. The predicted molar refractivity (Wildman–Crippen MR) is 92.3 cm³/mol. The van der Waals surface area contributed by atoms with Gasteiger partial charge in [0, 0.05) is 6.04 Å². The van der Waals surface area contributed by atoms with Crippen molar-refractivity contribution in [1.82, 2.24) is 10.3 Å². The van der Waals surface area contributed by atoms with Gasteiger partial charge in [-0.2, -0.15) is 5.26 Å². The van der Waals surface area contributed by atoms with Crippen LogP contribution in [0.1, 0.15) is 30.5 Å². The summed E-state index contributed by atoms with van der Waals surface area (Å²) in [5.74, 6) is 0.107. The minimum Gasteiger partial charge on any atom is -0.335 e. The molecule has 2 N–H and O–H groups in total. The van der Waals surface area contributed by atoms with E-state index in [0.29, 0.717) is 17.3 Å². The van der Waals surface area contributed by atoms with E-state index in [1.165, 1.54) is 18.3 Å². The summed E-state index contributed by atoms with van der Waals surface area (Å²) in [6.45, 7) is 0. The molecule has 5 nitrogen and oxygen atoms in total. The largest absolute Gasteiger partial charge is 0.335 e. The molecule has 2 amide bonds. The Morgan fingerprint density at radius 3 is 2.72 bits per heavy atom. The Kier molecular flexibility index (Phi) is 5.24. The molecule has 128 valence electrons. The van der Waals surface area contributed by atoms with Crippen molar-refractivity contribution in [3.63, 3.8) is 0 Å². The molecule has 0 spiro atoms. The molecule has 1 heterocycles. The first-order valence-corrected chi connectivity index (χ1v) is 8.32. The van der Waals surface area contributed by atoms with Crippen molar-refractivity contribution in [3.05, 3.63) is 59.7 Å². The Balaban J connectivity index is 1.56. The molecule has 2 aromatic rings. The number of nitrogens with one attached hydrogen (secondary N) is 2. The van der Waals surface area contributed by atoms with Crippen LogP contribution in [0.25, 0.3) is 0 Å². The highest BCUT2D eigenvalue weighted by atomic mass is 19.1. The lowest BCUT2D eigenvalue weighted by Gasteiger charge is -2.21. The third-order valence-corrected chi connectivity index (χ3v) is 4.52. The van der Waals surface area contributed by atoms with E-state index in [-0.39, 0.29) is 17.9 Å². The third-order valence-electron chi connectivity index (χ3n) is 4.52. The van der Waals surface area contributed by atoms with Crippen molar-refractivity contribution in [3.8, 4) is 6.07 Å². The first-order chi connectivity index (χ1) is 12.1. The van der Waals surface area contributed by atoms with E-state index in [9.17, 15) is 9.18 Å². The number of rotatable bonds is 4. The van der Waals surface area contributed by atoms with Crippen molar-refractivity contribution < 1.29 is 9.18 Å². The topological polar surface area (TPSA) is 77.8 Å². The number of nitriles is 1. The maximum absolute atomic E-state index is 13.0. The van der Waals surface area contributed by atoms with E-state index in [0.717, 1.165) is 31.2 Å². The zero-order valence-electron chi connectivity index (χ0n) is 13.7. The first kappa shape index (κ1) is 16.9. The van der Waals surface area contributed by atoms with Crippen LogP contribution in [-0.2, 0) is 6.42 Å². The second-order valence-corrected chi connectivity index (χ2v) is 6.27. The average Bonchev–Trinajstić information content (AvgIpc) is 3.04. The number of nitrogens with zero attached hydrogens (tertiary/aromatic N) is 2. The van der Waals surface area contributed by atoms with Crippen molar-refractivity contribution in [1.29, 1.82) is 5.26 Å². The normalized spacial score (nSPS) is 19.2. The monoisotopic (exact) mass is 338 g/mol. The third kappa shape index (κ3) is 4.54. The van der Waals surface area contributed by atoms with Gasteiger partial charge < -0.3 is 10.6 Å². The highest BCUT2D eigenvalue weighted by molar-refractivity contribution is 5.89. The number of anilines is 1. The molecule has 0 saturated heterocycles. The summed E-state index contributed by atoms with van der Waals surface area (Å²) >= 11 is 0. The second-order valence-electron chi connectivity index (χ2n) is 6.27. The molecule has 1 aromatic carbocycles. The predicted octanol–water partition coefficient (Wildman–Crippen LogP) is 3.63. The molecule has 0 aliphatic heterocycles. The molecule has 1 aliphatic rings. The van der Waals surface area contributed by atoms with Crippen LogP contribution in [0.2, 0.25) is 0 Å². The van der Waals surface area contributed by atoms with Gasteiger partial charge in [0.1, 0.15) is 17.6 Å². The molecule has 1 aromatic heterocycles. The Bertz CT molecular complexity index is 768. The van der Waals surface area contributed by atoms with Crippen molar-refractivity contribution in [2.24, 2.45) is 5.92 Å². The summed E-state index contributed by atoms with van der Waals surface area (Å²) in [5, 5.41) is 14.5. The number of benzene rings is 1. The van der Waals surface area contributed by atoms with E-state index < -0.39 is 0 Å². The summed E-state index contributed by atoms with van der Waals surface area (Å²) in [5.41, 5.74) is 1.93. The van der Waals surface area contributed by atoms with E-state index >= 15 is 0 Å². The summed E-state index contributed by atoms with van der Waals surface area (Å²) < 4.78 is 13.0. The summed E-state index contributed by atoms with van der Waals surface area (Å²) in [6.07, 6.45) is 5.33. The quantitative estimate of drug-likeness (QED) is 0.893. The van der Waals surface area contributed by atoms with Crippen LogP contribution in [0.15, 0.2) is 42.6 Å². The van der Waals surface area contributed by atoms with Crippen LogP contribution >= 0.6 is 0 Å². The minimum absolute atomic E-state index is 0.0939. The van der Waals surface area contributed by atoms with E-state index in [4.69, 9.17) is 5.26 Å². The maximum Gasteiger partial charge on any atom is 0.319 e. The smallest absolute Gasteiger partial charge is 0.319 e. The molecule has 0 bridgehead atoms. The van der Waals surface area contributed by atoms with Crippen LogP contribution in [0.5, 0.6) is 0 Å². The lowest BCUT2D eigenvalue weighted by atomic mass is 9.94. The molecule has 1 saturated carbocycles. The number of halogens is 1. The second kappa shape index (κ2) is 7.75. The molecule has 3 rings (SSSR count). The average molecular weight is 338 g/mol. The van der Waals surface area contributed by atoms with Crippen molar-refractivity contribution in [2.45, 2.75) is 31.7 Å². The summed E-state index contributed by atoms with van der Waals surface area (Å²) in [4.78, 5) is 16.1. The zero-order valence-corrected chi connectivity index (χ0v) is 13.7. The van der Waals surface area contributed by atoms with Gasteiger partial charge in [-0.15, -0.1) is 0 Å². The molecule has 1 fully saturated rings. The SMILES string of the molecule is N#Cc1ccc(NC(=O)N[C@H]2CCC[C@H]2Cc2ccc(F)cc2)cn1. The fraction of sp³-hybridized carbons (Fsp3) is 0.316. The van der Waals surface area contributed by atoms with Gasteiger partial charge in [0.2, 0.25) is 0 Å². The number of pyridine rings is 1. The maximum atomic E-state index is 13.0. The Labute approximate surface area is 145 Å². The number of urea groups is 1. The van der Waals surface area contributed by atoms with Gasteiger partial charge >= 0.3 is 6.03 Å². The van der Waals surface area contributed by atoms with Gasteiger partial charge in [0.05, 0.1) is 11.9 Å². The first-order valence-electron chi connectivity index (χ1n) is 8.32. The summed E-state index contributed by atoms with van der Waals surface area (Å²) in [7, 11) is 0. The lowest BCUT2D eigenvalue weighted by molar-refractivity contribution is 0.245. The van der Waals surface area contributed by atoms with Crippen LogP contribution in [0.3, 0.4) is 0 Å². The Morgan fingerprint density at radius 2 is 2.04 bits per heavy atom.